The Morgan fingerprint density at radius 2 is 2.75 bits per heavy atom. The maximum absolute atomic E-state index is 9.95. The van der Waals surface area contributed by atoms with E-state index in [0.29, 0.717) is 0 Å². The van der Waals surface area contributed by atoms with Crippen molar-refractivity contribution in [1.29, 1.82) is 0 Å². The molecule has 0 saturated carbocycles. The normalized spacial score (nSPS) is 9.00. The van der Waals surface area contributed by atoms with E-state index in [1.165, 1.54) is 6.20 Å². The Hall–Kier alpha value is -1.32. The number of nitrogens with one attached hydrogen (secondary N) is 1. The molecule has 0 bridgehead atoms. The van der Waals surface area contributed by atoms with E-state index in [-0.39, 0.29) is 5.69 Å². The minimum Gasteiger partial charge on any atom is -0.476 e. The highest BCUT2D eigenvalue weighted by Gasteiger charge is 2.01. The summed E-state index contributed by atoms with van der Waals surface area (Å²) in [5, 5.41) is 13.8. The fourth-order valence-corrected chi connectivity index (χ4v) is 0.339. The van der Waals surface area contributed by atoms with Gasteiger partial charge in [-0.2, -0.15) is 5.10 Å². The average molecular weight is 111 g/mol. The van der Waals surface area contributed by atoms with Crippen LogP contribution in [-0.2, 0) is 0 Å². The van der Waals surface area contributed by atoms with Crippen molar-refractivity contribution in [3.05, 3.63) is 18.0 Å². The molecule has 0 fully saturated rings. The summed E-state index contributed by atoms with van der Waals surface area (Å²) in [5.41, 5.74) is -0.0787. The molecule has 0 aliphatic heterocycles. The second kappa shape index (κ2) is 1.65. The Labute approximate surface area is 45.1 Å². The summed E-state index contributed by atoms with van der Waals surface area (Å²) in [6.07, 6.45) is 1.34. The molecule has 1 heterocycles. The number of aromatic nitrogens is 2. The Kier molecular flexibility index (Phi) is 0.997. The molecule has 8 heavy (non-hydrogen) atoms. The third-order valence-corrected chi connectivity index (χ3v) is 0.652. The zero-order chi connectivity index (χ0) is 5.98. The molecule has 1 rings (SSSR count). The monoisotopic (exact) mass is 111 g/mol. The summed E-state index contributed by atoms with van der Waals surface area (Å²) in [5.74, 6) is -1.06. The molecular formula is C4H3N2O2. The van der Waals surface area contributed by atoms with Gasteiger partial charge in [0.2, 0.25) is 0 Å². The highest BCUT2D eigenvalue weighted by atomic mass is 16.4. The summed E-state index contributed by atoms with van der Waals surface area (Å²) in [6, 6.07) is 2.37. The van der Waals surface area contributed by atoms with Crippen LogP contribution in [0.5, 0.6) is 0 Å². The van der Waals surface area contributed by atoms with Crippen LogP contribution in [0, 0.1) is 6.07 Å². The lowest BCUT2D eigenvalue weighted by Gasteiger charge is -1.76. The van der Waals surface area contributed by atoms with Crippen molar-refractivity contribution in [1.82, 2.24) is 10.2 Å². The van der Waals surface area contributed by atoms with Crippen molar-refractivity contribution in [3.63, 3.8) is 0 Å². The van der Waals surface area contributed by atoms with Gasteiger partial charge in [-0.3, -0.25) is 5.10 Å². The van der Waals surface area contributed by atoms with Gasteiger partial charge in [0.05, 0.1) is 0 Å². The standard InChI is InChI=1S/C4H3N2O2/c7-4(8)3-1-2-5-6-3/h2H,(H,5,6)(H,7,8). The van der Waals surface area contributed by atoms with Crippen molar-refractivity contribution in [3.8, 4) is 0 Å². The minimum absolute atomic E-state index is 0.0787. The Morgan fingerprint density at radius 3 is 3.00 bits per heavy atom. The molecule has 0 aromatic carbocycles. The Bertz CT molecular complexity index is 180. The number of carboxylic acid groups (broad SMARTS) is 1. The van der Waals surface area contributed by atoms with Gasteiger partial charge in [-0.25, -0.2) is 4.79 Å². The lowest BCUT2D eigenvalue weighted by Crippen LogP contribution is -1.95. The van der Waals surface area contributed by atoms with Gasteiger partial charge in [-0.1, -0.05) is 0 Å². The molecule has 1 aromatic heterocycles. The maximum atomic E-state index is 9.95. The highest BCUT2D eigenvalue weighted by molar-refractivity contribution is 5.84. The molecule has 1 aromatic rings. The number of nitrogens with zero attached hydrogens (tertiary/aromatic N) is 1. The zero-order valence-electron chi connectivity index (χ0n) is 3.88. The van der Waals surface area contributed by atoms with Crippen LogP contribution in [0.3, 0.4) is 0 Å². The quantitative estimate of drug-likeness (QED) is 0.532. The second-order valence-electron chi connectivity index (χ2n) is 1.18. The predicted molar refractivity (Wildman–Crippen MR) is 24.4 cm³/mol. The van der Waals surface area contributed by atoms with Gasteiger partial charge < -0.3 is 5.11 Å². The van der Waals surface area contributed by atoms with Crippen LogP contribution in [0.2, 0.25) is 0 Å². The first-order valence-corrected chi connectivity index (χ1v) is 1.95. The highest BCUT2D eigenvalue weighted by Crippen LogP contribution is 1.86. The van der Waals surface area contributed by atoms with Crippen molar-refractivity contribution in [2.24, 2.45) is 0 Å². The van der Waals surface area contributed by atoms with Crippen LogP contribution in [0.25, 0.3) is 0 Å². The third-order valence-electron chi connectivity index (χ3n) is 0.652. The van der Waals surface area contributed by atoms with E-state index < -0.39 is 5.97 Å². The van der Waals surface area contributed by atoms with Crippen molar-refractivity contribution >= 4 is 5.97 Å². The van der Waals surface area contributed by atoms with E-state index in [1.54, 1.807) is 0 Å². The molecule has 41 valence electrons. The zero-order valence-corrected chi connectivity index (χ0v) is 3.88. The van der Waals surface area contributed by atoms with Gasteiger partial charge in [-0.05, 0) is 0 Å². The molecule has 4 heteroatoms. The first-order chi connectivity index (χ1) is 3.80. The van der Waals surface area contributed by atoms with E-state index in [2.05, 4.69) is 16.3 Å². The van der Waals surface area contributed by atoms with Crippen LogP contribution >= 0.6 is 0 Å². The van der Waals surface area contributed by atoms with Crippen LogP contribution in [0.1, 0.15) is 10.5 Å². The Balaban J connectivity index is 2.93. The topological polar surface area (TPSA) is 66.0 Å². The summed E-state index contributed by atoms with van der Waals surface area (Å²) in [7, 11) is 0. The maximum Gasteiger partial charge on any atom is 0.357 e. The molecule has 1 radical (unpaired) electrons. The first-order valence-electron chi connectivity index (χ1n) is 1.95. The summed E-state index contributed by atoms with van der Waals surface area (Å²) in [4.78, 5) is 9.95. The Morgan fingerprint density at radius 1 is 2.00 bits per heavy atom. The van der Waals surface area contributed by atoms with Gasteiger partial charge in [0.15, 0.2) is 5.69 Å². The molecule has 0 saturated heterocycles. The van der Waals surface area contributed by atoms with Gasteiger partial charge in [0, 0.05) is 12.3 Å². The SMILES string of the molecule is O=C(O)c1[c]c[nH]n1. The fourth-order valence-electron chi connectivity index (χ4n) is 0.339. The second-order valence-corrected chi connectivity index (χ2v) is 1.18. The number of rotatable bonds is 1. The first kappa shape index (κ1) is 4.83. The number of hydrogen-bond donors (Lipinski definition) is 2. The average Bonchev–Trinajstić information content (AvgIpc) is 2.12. The molecule has 0 aliphatic rings. The number of carbonyl (C=O) groups is 1. The van der Waals surface area contributed by atoms with E-state index in [4.69, 9.17) is 5.11 Å². The van der Waals surface area contributed by atoms with E-state index >= 15 is 0 Å². The smallest absolute Gasteiger partial charge is 0.357 e. The lowest BCUT2D eigenvalue weighted by atomic mass is 10.5. The summed E-state index contributed by atoms with van der Waals surface area (Å²) < 4.78 is 0. The van der Waals surface area contributed by atoms with Crippen LogP contribution in [0.4, 0.5) is 0 Å². The van der Waals surface area contributed by atoms with Gasteiger partial charge >= 0.3 is 5.97 Å². The molecule has 0 atom stereocenters. The van der Waals surface area contributed by atoms with Crippen LogP contribution < -0.4 is 0 Å². The third kappa shape index (κ3) is 0.676. The molecule has 0 aliphatic carbocycles. The van der Waals surface area contributed by atoms with E-state index in [9.17, 15) is 4.79 Å². The molecule has 0 unspecified atom stereocenters. The van der Waals surface area contributed by atoms with Crippen molar-refractivity contribution < 1.29 is 9.90 Å². The number of aromatic carboxylic acids is 1. The molecular weight excluding hydrogens is 108 g/mol. The number of carboxylic acids is 1. The summed E-state index contributed by atoms with van der Waals surface area (Å²) >= 11 is 0. The minimum atomic E-state index is -1.06. The molecule has 2 N–H and O–H groups in total. The summed E-state index contributed by atoms with van der Waals surface area (Å²) in [6.45, 7) is 0. The van der Waals surface area contributed by atoms with Gasteiger partial charge in [0.1, 0.15) is 0 Å². The van der Waals surface area contributed by atoms with Gasteiger partial charge in [-0.15, -0.1) is 0 Å². The largest absolute Gasteiger partial charge is 0.476 e. The number of H-pyrrole nitrogens is 1. The predicted octanol–water partition coefficient (Wildman–Crippen LogP) is -0.0919. The van der Waals surface area contributed by atoms with Crippen LogP contribution in [0.15, 0.2) is 6.20 Å². The number of aromatic amines is 1. The van der Waals surface area contributed by atoms with Gasteiger partial charge in [0.25, 0.3) is 0 Å². The van der Waals surface area contributed by atoms with Crippen molar-refractivity contribution in [2.75, 3.05) is 0 Å². The lowest BCUT2D eigenvalue weighted by molar-refractivity contribution is 0.0690. The van der Waals surface area contributed by atoms with Crippen LogP contribution in [-0.4, -0.2) is 21.3 Å². The van der Waals surface area contributed by atoms with Crippen molar-refractivity contribution in [2.45, 2.75) is 0 Å². The molecule has 0 spiro atoms. The van der Waals surface area contributed by atoms with E-state index in [1.807, 2.05) is 0 Å². The van der Waals surface area contributed by atoms with E-state index in [0.717, 1.165) is 0 Å². The molecule has 0 amide bonds. The fraction of sp³-hybridized carbons (Fsp3) is 0. The molecule has 4 nitrogen and oxygen atoms in total. The number of hydrogen-bond acceptors (Lipinski definition) is 2.